The number of nitro groups is 1. The third-order valence-electron chi connectivity index (χ3n) is 2.40. The largest absolute Gasteiger partial charge is 0.321 e. The van der Waals surface area contributed by atoms with Crippen LogP contribution < -0.4 is 5.32 Å². The molecule has 0 aliphatic carbocycles. The molecule has 1 aromatic heterocycles. The van der Waals surface area contributed by atoms with Crippen LogP contribution in [-0.4, -0.2) is 15.8 Å². The van der Waals surface area contributed by atoms with Crippen molar-refractivity contribution >= 4 is 51.5 Å². The van der Waals surface area contributed by atoms with Crippen LogP contribution in [0.1, 0.15) is 10.4 Å². The molecule has 20 heavy (non-hydrogen) atoms. The lowest BCUT2D eigenvalue weighted by atomic mass is 10.2. The van der Waals surface area contributed by atoms with Gasteiger partial charge in [-0.15, -0.1) is 0 Å². The van der Waals surface area contributed by atoms with Gasteiger partial charge in [0.15, 0.2) is 0 Å². The summed E-state index contributed by atoms with van der Waals surface area (Å²) < 4.78 is 0.841. The minimum Gasteiger partial charge on any atom is -0.321 e. The van der Waals surface area contributed by atoms with Gasteiger partial charge in [-0.05, 0) is 34.7 Å². The van der Waals surface area contributed by atoms with Gasteiger partial charge in [0, 0.05) is 9.64 Å². The van der Waals surface area contributed by atoms with Crippen molar-refractivity contribution in [2.24, 2.45) is 0 Å². The number of amides is 1. The highest BCUT2D eigenvalue weighted by Gasteiger charge is 2.17. The summed E-state index contributed by atoms with van der Waals surface area (Å²) >= 11 is 7.87. The number of rotatable bonds is 3. The van der Waals surface area contributed by atoms with Crippen LogP contribution in [0.25, 0.3) is 0 Å². The molecule has 6 nitrogen and oxygen atoms in total. The normalized spacial score (nSPS) is 10.1. The minimum absolute atomic E-state index is 0.0412. The molecule has 1 aromatic carbocycles. The first-order chi connectivity index (χ1) is 9.49. The molecule has 0 unspecified atom stereocenters. The maximum absolute atomic E-state index is 12.1. The summed E-state index contributed by atoms with van der Waals surface area (Å²) in [7, 11) is 0. The second-order valence-corrected chi connectivity index (χ2v) is 5.24. The smallest absolute Gasteiger partial charge is 0.288 e. The SMILES string of the molecule is O=C(Nc1ccccc1I)c1cc([N+](=O)[O-])cnc1Cl. The molecule has 0 bridgehead atoms. The Morgan fingerprint density at radius 3 is 2.75 bits per heavy atom. The van der Waals surface area contributed by atoms with Gasteiger partial charge in [-0.25, -0.2) is 4.98 Å². The summed E-state index contributed by atoms with van der Waals surface area (Å²) in [5, 5.41) is 13.2. The summed E-state index contributed by atoms with van der Waals surface area (Å²) in [4.78, 5) is 25.8. The highest BCUT2D eigenvalue weighted by Crippen LogP contribution is 2.22. The van der Waals surface area contributed by atoms with Crippen LogP contribution in [0.2, 0.25) is 5.15 Å². The highest BCUT2D eigenvalue weighted by atomic mass is 127. The maximum Gasteiger partial charge on any atom is 0.288 e. The number of carbonyl (C=O) groups is 1. The molecule has 102 valence electrons. The van der Waals surface area contributed by atoms with Gasteiger partial charge in [-0.3, -0.25) is 14.9 Å². The molecule has 8 heteroatoms. The lowest BCUT2D eigenvalue weighted by Gasteiger charge is -2.07. The van der Waals surface area contributed by atoms with Crippen molar-refractivity contribution in [3.63, 3.8) is 0 Å². The first-order valence-electron chi connectivity index (χ1n) is 5.35. The average molecular weight is 404 g/mol. The van der Waals surface area contributed by atoms with Crippen LogP contribution in [0.3, 0.4) is 0 Å². The predicted molar refractivity (Wildman–Crippen MR) is 83.0 cm³/mol. The van der Waals surface area contributed by atoms with Gasteiger partial charge < -0.3 is 5.32 Å². The van der Waals surface area contributed by atoms with E-state index < -0.39 is 10.8 Å². The fraction of sp³-hybridized carbons (Fsp3) is 0. The molecule has 0 saturated heterocycles. The van der Waals surface area contributed by atoms with E-state index in [4.69, 9.17) is 11.6 Å². The van der Waals surface area contributed by atoms with Gasteiger partial charge in [0.25, 0.3) is 11.6 Å². The van der Waals surface area contributed by atoms with Crippen molar-refractivity contribution in [3.8, 4) is 0 Å². The zero-order chi connectivity index (χ0) is 14.7. The number of anilines is 1. The summed E-state index contributed by atoms with van der Waals surface area (Å²) in [5.74, 6) is -0.546. The molecule has 0 aliphatic rings. The number of aromatic nitrogens is 1. The number of pyridine rings is 1. The highest BCUT2D eigenvalue weighted by molar-refractivity contribution is 14.1. The van der Waals surface area contributed by atoms with Gasteiger partial charge in [0.05, 0.1) is 16.2 Å². The summed E-state index contributed by atoms with van der Waals surface area (Å²) in [6.07, 6.45) is 1.01. The van der Waals surface area contributed by atoms with E-state index in [1.165, 1.54) is 0 Å². The van der Waals surface area contributed by atoms with E-state index in [-0.39, 0.29) is 16.4 Å². The third-order valence-corrected chi connectivity index (χ3v) is 3.64. The van der Waals surface area contributed by atoms with E-state index >= 15 is 0 Å². The molecule has 1 amide bonds. The Bertz CT molecular complexity index is 693. The first-order valence-corrected chi connectivity index (χ1v) is 6.80. The standard InChI is InChI=1S/C12H7ClIN3O3/c13-11-8(5-7(6-15-11)17(19)20)12(18)16-10-4-2-1-3-9(10)14/h1-6H,(H,16,18). The minimum atomic E-state index is -0.633. The molecule has 0 spiro atoms. The fourth-order valence-electron chi connectivity index (χ4n) is 1.45. The zero-order valence-corrected chi connectivity index (χ0v) is 12.8. The molecule has 0 aliphatic heterocycles. The number of hydrogen-bond donors (Lipinski definition) is 1. The molecular weight excluding hydrogens is 397 g/mol. The van der Waals surface area contributed by atoms with Crippen LogP contribution in [0.4, 0.5) is 11.4 Å². The predicted octanol–water partition coefficient (Wildman–Crippen LogP) is 3.50. The van der Waals surface area contributed by atoms with Crippen molar-refractivity contribution in [1.29, 1.82) is 0 Å². The van der Waals surface area contributed by atoms with Gasteiger partial charge in [-0.2, -0.15) is 0 Å². The Morgan fingerprint density at radius 1 is 1.40 bits per heavy atom. The molecule has 2 aromatic rings. The van der Waals surface area contributed by atoms with Crippen LogP contribution in [0.5, 0.6) is 0 Å². The lowest BCUT2D eigenvalue weighted by Crippen LogP contribution is -2.14. The van der Waals surface area contributed by atoms with E-state index in [2.05, 4.69) is 32.9 Å². The summed E-state index contributed by atoms with van der Waals surface area (Å²) in [6.45, 7) is 0. The number of nitrogens with zero attached hydrogens (tertiary/aromatic N) is 2. The van der Waals surface area contributed by atoms with Crippen LogP contribution in [0.15, 0.2) is 36.5 Å². The van der Waals surface area contributed by atoms with Crippen molar-refractivity contribution in [2.45, 2.75) is 0 Å². The van der Waals surface area contributed by atoms with E-state index in [9.17, 15) is 14.9 Å². The Labute approximate surface area is 132 Å². The first kappa shape index (κ1) is 14.7. The molecule has 1 heterocycles. The van der Waals surface area contributed by atoms with E-state index in [1.54, 1.807) is 12.1 Å². The van der Waals surface area contributed by atoms with Crippen LogP contribution in [0, 0.1) is 13.7 Å². The van der Waals surface area contributed by atoms with Gasteiger partial charge in [-0.1, -0.05) is 23.7 Å². The van der Waals surface area contributed by atoms with Crippen molar-refractivity contribution in [1.82, 2.24) is 4.98 Å². The molecule has 2 rings (SSSR count). The zero-order valence-electron chi connectivity index (χ0n) is 9.84. The van der Waals surface area contributed by atoms with Crippen LogP contribution >= 0.6 is 34.2 Å². The topological polar surface area (TPSA) is 85.1 Å². The van der Waals surface area contributed by atoms with E-state index in [0.29, 0.717) is 5.69 Å². The quantitative estimate of drug-likeness (QED) is 0.368. The number of carbonyl (C=O) groups excluding carboxylic acids is 1. The molecule has 1 N–H and O–H groups in total. The van der Waals surface area contributed by atoms with Crippen molar-refractivity contribution < 1.29 is 9.72 Å². The number of benzene rings is 1. The summed E-state index contributed by atoms with van der Waals surface area (Å²) in [5.41, 5.74) is 0.267. The lowest BCUT2D eigenvalue weighted by molar-refractivity contribution is -0.385. The third kappa shape index (κ3) is 3.23. The molecule has 0 saturated carbocycles. The van der Waals surface area contributed by atoms with Gasteiger partial charge in [0.1, 0.15) is 11.3 Å². The van der Waals surface area contributed by atoms with Gasteiger partial charge in [0.2, 0.25) is 0 Å². The number of hydrogen-bond acceptors (Lipinski definition) is 4. The fourth-order valence-corrected chi connectivity index (χ4v) is 2.16. The van der Waals surface area contributed by atoms with Crippen molar-refractivity contribution in [2.75, 3.05) is 5.32 Å². The second kappa shape index (κ2) is 6.14. The van der Waals surface area contributed by atoms with Crippen LogP contribution in [-0.2, 0) is 0 Å². The Morgan fingerprint density at radius 2 is 2.10 bits per heavy atom. The van der Waals surface area contributed by atoms with Crippen molar-refractivity contribution in [3.05, 3.63) is 60.9 Å². The number of halogens is 2. The molecule has 0 radical (unpaired) electrons. The molecule has 0 atom stereocenters. The average Bonchev–Trinajstić information content (AvgIpc) is 2.41. The number of nitrogens with one attached hydrogen (secondary N) is 1. The Hall–Kier alpha value is -1.74. The van der Waals surface area contributed by atoms with E-state index in [1.807, 2.05) is 12.1 Å². The number of para-hydroxylation sites is 1. The van der Waals surface area contributed by atoms with E-state index in [0.717, 1.165) is 15.8 Å². The molecule has 0 fully saturated rings. The Kier molecular flexibility index (Phi) is 4.50. The Balaban J connectivity index is 2.32. The van der Waals surface area contributed by atoms with Gasteiger partial charge >= 0.3 is 0 Å². The molecular formula is C12H7ClIN3O3. The second-order valence-electron chi connectivity index (χ2n) is 3.72. The summed E-state index contributed by atoms with van der Waals surface area (Å²) in [6, 6.07) is 8.24. The monoisotopic (exact) mass is 403 g/mol. The maximum atomic E-state index is 12.1.